The summed E-state index contributed by atoms with van der Waals surface area (Å²) in [5, 5.41) is 11.8. The Hall–Kier alpha value is -1.86. The summed E-state index contributed by atoms with van der Waals surface area (Å²) in [6.07, 6.45) is 1.62. The van der Waals surface area contributed by atoms with Gasteiger partial charge in [-0.15, -0.1) is 0 Å². The molecule has 1 N–H and O–H groups in total. The van der Waals surface area contributed by atoms with Crippen LogP contribution in [0.2, 0.25) is 0 Å². The predicted octanol–water partition coefficient (Wildman–Crippen LogP) is 1.79. The molecule has 1 aliphatic heterocycles. The van der Waals surface area contributed by atoms with Gasteiger partial charge in [0.05, 0.1) is 18.7 Å². The number of nitrogens with one attached hydrogen (secondary N) is 1. The molecule has 0 spiro atoms. The van der Waals surface area contributed by atoms with Crippen LogP contribution < -0.4 is 5.32 Å². The van der Waals surface area contributed by atoms with Gasteiger partial charge in [0.2, 0.25) is 5.91 Å². The van der Waals surface area contributed by atoms with E-state index in [1.54, 1.807) is 0 Å². The van der Waals surface area contributed by atoms with Gasteiger partial charge in [-0.2, -0.15) is 5.26 Å². The van der Waals surface area contributed by atoms with Gasteiger partial charge in [-0.05, 0) is 31.0 Å². The van der Waals surface area contributed by atoms with Crippen LogP contribution in [0.3, 0.4) is 0 Å². The van der Waals surface area contributed by atoms with Gasteiger partial charge in [0.1, 0.15) is 0 Å². The van der Waals surface area contributed by atoms with Crippen molar-refractivity contribution in [3.05, 3.63) is 29.8 Å². The van der Waals surface area contributed by atoms with Gasteiger partial charge >= 0.3 is 0 Å². The Morgan fingerprint density at radius 1 is 1.50 bits per heavy atom. The van der Waals surface area contributed by atoms with Crippen LogP contribution in [0.5, 0.6) is 0 Å². The summed E-state index contributed by atoms with van der Waals surface area (Å²) in [6.45, 7) is 2.98. The average molecular weight is 243 g/mol. The molecule has 0 bridgehead atoms. The fraction of sp³-hybridized carbons (Fsp3) is 0.429. The number of fused-ring (bicyclic) bond motifs is 1. The molecule has 2 rings (SSSR count). The van der Waals surface area contributed by atoms with E-state index in [1.165, 1.54) is 5.56 Å². The fourth-order valence-electron chi connectivity index (χ4n) is 2.38. The van der Waals surface area contributed by atoms with E-state index in [0.717, 1.165) is 18.5 Å². The minimum absolute atomic E-state index is 0.00273. The Morgan fingerprint density at radius 2 is 2.28 bits per heavy atom. The lowest BCUT2D eigenvalue weighted by molar-refractivity contribution is -0.121. The van der Waals surface area contributed by atoms with E-state index in [0.29, 0.717) is 13.1 Å². The Morgan fingerprint density at radius 3 is 3.00 bits per heavy atom. The number of para-hydroxylation sites is 1. The van der Waals surface area contributed by atoms with Crippen molar-refractivity contribution in [2.24, 2.45) is 0 Å². The largest absolute Gasteiger partial charge is 0.324 e. The van der Waals surface area contributed by atoms with Crippen LogP contribution >= 0.6 is 0 Å². The van der Waals surface area contributed by atoms with Crippen molar-refractivity contribution in [2.75, 3.05) is 18.4 Å². The molecular formula is C14H17N3O. The minimum atomic E-state index is -0.206. The maximum atomic E-state index is 12.2. The van der Waals surface area contributed by atoms with E-state index < -0.39 is 0 Å². The van der Waals surface area contributed by atoms with Crippen molar-refractivity contribution in [1.82, 2.24) is 4.90 Å². The zero-order valence-electron chi connectivity index (χ0n) is 10.5. The Kier molecular flexibility index (Phi) is 3.96. The number of carbonyl (C=O) groups excluding carboxylic acids is 1. The number of rotatable bonds is 3. The molecule has 0 saturated heterocycles. The van der Waals surface area contributed by atoms with Crippen molar-refractivity contribution < 1.29 is 4.79 Å². The standard InChI is InChI=1S/C14H17N3O/c1-2-17(10-9-15)13-8-7-11-5-3-4-6-12(11)16-14(13)18/h3-6,13H,2,7-8,10H2,1H3,(H,16,18). The third-order valence-corrected chi connectivity index (χ3v) is 3.39. The SMILES string of the molecule is CCN(CC#N)C1CCc2ccccc2NC1=O. The van der Waals surface area contributed by atoms with Crippen molar-refractivity contribution in [3.8, 4) is 6.07 Å². The van der Waals surface area contributed by atoms with Crippen LogP contribution in [0.25, 0.3) is 0 Å². The van der Waals surface area contributed by atoms with E-state index in [2.05, 4.69) is 11.4 Å². The zero-order valence-corrected chi connectivity index (χ0v) is 10.5. The number of aryl methyl sites for hydroxylation is 1. The van der Waals surface area contributed by atoms with Crippen molar-refractivity contribution in [2.45, 2.75) is 25.8 Å². The van der Waals surface area contributed by atoms with Gasteiger partial charge in [-0.1, -0.05) is 25.1 Å². The average Bonchev–Trinajstić information content (AvgIpc) is 2.55. The quantitative estimate of drug-likeness (QED) is 0.823. The molecule has 0 aliphatic carbocycles. The number of carbonyl (C=O) groups is 1. The number of nitriles is 1. The summed E-state index contributed by atoms with van der Waals surface area (Å²) >= 11 is 0. The molecule has 1 aliphatic rings. The summed E-state index contributed by atoms with van der Waals surface area (Å²) in [7, 11) is 0. The van der Waals surface area contributed by atoms with Crippen LogP contribution in [-0.2, 0) is 11.2 Å². The number of nitrogens with zero attached hydrogens (tertiary/aromatic N) is 2. The lowest BCUT2D eigenvalue weighted by Gasteiger charge is -2.25. The molecule has 1 aromatic carbocycles. The first-order valence-corrected chi connectivity index (χ1v) is 6.26. The molecular weight excluding hydrogens is 226 g/mol. The first kappa shape index (κ1) is 12.6. The minimum Gasteiger partial charge on any atom is -0.324 e. The lowest BCUT2D eigenvalue weighted by atomic mass is 10.0. The molecule has 94 valence electrons. The fourth-order valence-corrected chi connectivity index (χ4v) is 2.38. The summed E-state index contributed by atoms with van der Waals surface area (Å²) in [6, 6.07) is 9.79. The molecule has 0 aromatic heterocycles. The van der Waals surface area contributed by atoms with E-state index in [1.807, 2.05) is 36.1 Å². The van der Waals surface area contributed by atoms with Gasteiger partial charge < -0.3 is 5.32 Å². The summed E-state index contributed by atoms with van der Waals surface area (Å²) in [5.41, 5.74) is 2.07. The van der Waals surface area contributed by atoms with Crippen LogP contribution in [0.1, 0.15) is 18.9 Å². The molecule has 0 radical (unpaired) electrons. The highest BCUT2D eigenvalue weighted by Gasteiger charge is 2.27. The number of hydrogen-bond acceptors (Lipinski definition) is 3. The highest BCUT2D eigenvalue weighted by Crippen LogP contribution is 2.23. The Bertz CT molecular complexity index is 478. The molecule has 4 nitrogen and oxygen atoms in total. The second-order valence-electron chi connectivity index (χ2n) is 4.42. The molecule has 1 aromatic rings. The summed E-state index contributed by atoms with van der Waals surface area (Å²) < 4.78 is 0. The first-order chi connectivity index (χ1) is 8.76. The maximum absolute atomic E-state index is 12.2. The summed E-state index contributed by atoms with van der Waals surface area (Å²) in [4.78, 5) is 14.1. The van der Waals surface area contributed by atoms with E-state index >= 15 is 0 Å². The highest BCUT2D eigenvalue weighted by molar-refractivity contribution is 5.96. The van der Waals surface area contributed by atoms with E-state index in [4.69, 9.17) is 5.26 Å². The second kappa shape index (κ2) is 5.65. The zero-order chi connectivity index (χ0) is 13.0. The van der Waals surface area contributed by atoms with Gasteiger partial charge in [0.15, 0.2) is 0 Å². The van der Waals surface area contributed by atoms with Crippen LogP contribution in [0, 0.1) is 11.3 Å². The number of hydrogen-bond donors (Lipinski definition) is 1. The molecule has 1 amide bonds. The van der Waals surface area contributed by atoms with Crippen LogP contribution in [0.15, 0.2) is 24.3 Å². The third-order valence-electron chi connectivity index (χ3n) is 3.39. The molecule has 1 unspecified atom stereocenters. The van der Waals surface area contributed by atoms with Crippen molar-refractivity contribution >= 4 is 11.6 Å². The molecule has 18 heavy (non-hydrogen) atoms. The van der Waals surface area contributed by atoms with Crippen LogP contribution in [-0.4, -0.2) is 29.9 Å². The van der Waals surface area contributed by atoms with Gasteiger partial charge in [-0.3, -0.25) is 9.69 Å². The van der Waals surface area contributed by atoms with Crippen molar-refractivity contribution in [1.29, 1.82) is 5.26 Å². The van der Waals surface area contributed by atoms with Gasteiger partial charge in [0, 0.05) is 5.69 Å². The second-order valence-corrected chi connectivity index (χ2v) is 4.42. The van der Waals surface area contributed by atoms with Crippen molar-refractivity contribution in [3.63, 3.8) is 0 Å². The van der Waals surface area contributed by atoms with Gasteiger partial charge in [0.25, 0.3) is 0 Å². The Labute approximate surface area is 107 Å². The molecule has 4 heteroatoms. The van der Waals surface area contributed by atoms with Crippen LogP contribution in [0.4, 0.5) is 5.69 Å². The monoisotopic (exact) mass is 243 g/mol. The topological polar surface area (TPSA) is 56.1 Å². The smallest absolute Gasteiger partial charge is 0.241 e. The van der Waals surface area contributed by atoms with E-state index in [9.17, 15) is 4.79 Å². The highest BCUT2D eigenvalue weighted by atomic mass is 16.2. The molecule has 1 atom stereocenters. The predicted molar refractivity (Wildman–Crippen MR) is 70.0 cm³/mol. The third kappa shape index (κ3) is 2.52. The maximum Gasteiger partial charge on any atom is 0.241 e. The number of anilines is 1. The number of benzene rings is 1. The number of amides is 1. The molecule has 0 saturated carbocycles. The normalized spacial score (nSPS) is 18.7. The lowest BCUT2D eigenvalue weighted by Crippen LogP contribution is -2.43. The molecule has 1 heterocycles. The Balaban J connectivity index is 2.19. The number of likely N-dealkylation sites (N-methyl/N-ethyl adjacent to an activating group) is 1. The van der Waals surface area contributed by atoms with E-state index in [-0.39, 0.29) is 11.9 Å². The van der Waals surface area contributed by atoms with Gasteiger partial charge in [-0.25, -0.2) is 0 Å². The first-order valence-electron chi connectivity index (χ1n) is 6.26. The molecule has 0 fully saturated rings. The summed E-state index contributed by atoms with van der Waals surface area (Å²) in [5.74, 6) is -0.00273.